The minimum Gasteiger partial charge on any atom is -0.431 e. The molecule has 0 saturated heterocycles. The molecule has 4 nitrogen and oxygen atoms in total. The lowest BCUT2D eigenvalue weighted by Gasteiger charge is -2.14. The first-order chi connectivity index (χ1) is 11.5. The van der Waals surface area contributed by atoms with Crippen molar-refractivity contribution in [1.82, 2.24) is 10.3 Å². The Morgan fingerprint density at radius 3 is 2.79 bits per heavy atom. The van der Waals surface area contributed by atoms with E-state index in [9.17, 15) is 4.79 Å². The summed E-state index contributed by atoms with van der Waals surface area (Å²) in [6.45, 7) is 1.89. The van der Waals surface area contributed by atoms with Gasteiger partial charge < -0.3 is 9.73 Å². The van der Waals surface area contributed by atoms with Gasteiger partial charge in [-0.25, -0.2) is 4.98 Å². The maximum atomic E-state index is 12.1. The summed E-state index contributed by atoms with van der Waals surface area (Å²) < 4.78 is 5.58. The van der Waals surface area contributed by atoms with Gasteiger partial charge in [0.05, 0.1) is 21.8 Å². The molecule has 0 aliphatic carbocycles. The van der Waals surface area contributed by atoms with Crippen molar-refractivity contribution in [3.05, 3.63) is 58.1 Å². The highest BCUT2D eigenvalue weighted by Crippen LogP contribution is 2.26. The van der Waals surface area contributed by atoms with E-state index in [1.54, 1.807) is 12.1 Å². The average molecular weight is 381 g/mol. The van der Waals surface area contributed by atoms with Gasteiger partial charge in [-0.05, 0) is 36.8 Å². The first kappa shape index (κ1) is 17.1. The number of nitrogens with zero attached hydrogens (tertiary/aromatic N) is 1. The van der Waals surface area contributed by atoms with Gasteiger partial charge in [0.1, 0.15) is 5.52 Å². The summed E-state index contributed by atoms with van der Waals surface area (Å²) in [4.78, 5) is 16.4. The molecule has 0 bridgehead atoms. The number of para-hydroxylation sites is 2. The number of fused-ring (bicyclic) bond motifs is 1. The highest BCUT2D eigenvalue weighted by Gasteiger charge is 2.13. The molecule has 1 amide bonds. The van der Waals surface area contributed by atoms with Crippen molar-refractivity contribution >= 4 is 52.0 Å². The number of rotatable bonds is 5. The lowest BCUT2D eigenvalue weighted by Crippen LogP contribution is -2.28. The molecule has 1 unspecified atom stereocenters. The number of nitrogens with one attached hydrogen (secondary N) is 1. The molecule has 0 spiro atoms. The Morgan fingerprint density at radius 1 is 1.25 bits per heavy atom. The van der Waals surface area contributed by atoms with Crippen molar-refractivity contribution in [2.45, 2.75) is 18.2 Å². The molecule has 7 heteroatoms. The van der Waals surface area contributed by atoms with E-state index >= 15 is 0 Å². The van der Waals surface area contributed by atoms with E-state index in [0.717, 1.165) is 11.1 Å². The molecule has 2 aromatic carbocycles. The lowest BCUT2D eigenvalue weighted by molar-refractivity contribution is -0.119. The highest BCUT2D eigenvalue weighted by atomic mass is 35.5. The van der Waals surface area contributed by atoms with Gasteiger partial charge in [-0.3, -0.25) is 4.79 Å². The summed E-state index contributed by atoms with van der Waals surface area (Å²) in [5, 5.41) is 4.36. The van der Waals surface area contributed by atoms with E-state index < -0.39 is 0 Å². The zero-order chi connectivity index (χ0) is 17.1. The second kappa shape index (κ2) is 7.47. The Balaban J connectivity index is 1.57. The highest BCUT2D eigenvalue weighted by molar-refractivity contribution is 7.99. The minimum absolute atomic E-state index is 0.110. The molecule has 1 aromatic heterocycles. The van der Waals surface area contributed by atoms with E-state index in [1.807, 2.05) is 37.3 Å². The van der Waals surface area contributed by atoms with Crippen LogP contribution in [0.2, 0.25) is 10.0 Å². The molecule has 3 rings (SSSR count). The number of benzene rings is 2. The monoisotopic (exact) mass is 380 g/mol. The van der Waals surface area contributed by atoms with Crippen LogP contribution in [0.5, 0.6) is 0 Å². The number of oxazole rings is 1. The summed E-state index contributed by atoms with van der Waals surface area (Å²) in [6.07, 6.45) is 0. The van der Waals surface area contributed by atoms with E-state index in [0.29, 0.717) is 20.9 Å². The van der Waals surface area contributed by atoms with Crippen LogP contribution in [0, 0.1) is 0 Å². The Labute approximate surface area is 153 Å². The van der Waals surface area contributed by atoms with Crippen molar-refractivity contribution in [2.24, 2.45) is 0 Å². The number of aromatic nitrogens is 1. The van der Waals surface area contributed by atoms with E-state index in [1.165, 1.54) is 11.8 Å². The van der Waals surface area contributed by atoms with Gasteiger partial charge in [-0.15, -0.1) is 0 Å². The van der Waals surface area contributed by atoms with E-state index in [-0.39, 0.29) is 17.7 Å². The van der Waals surface area contributed by atoms with Crippen LogP contribution < -0.4 is 5.32 Å². The number of thioether (sulfide) groups is 1. The van der Waals surface area contributed by atoms with Gasteiger partial charge in [0.15, 0.2) is 5.58 Å². The van der Waals surface area contributed by atoms with Gasteiger partial charge in [-0.2, -0.15) is 0 Å². The molecule has 0 aliphatic rings. The average Bonchev–Trinajstić information content (AvgIpc) is 2.98. The molecule has 1 N–H and O–H groups in total. The Hall–Kier alpha value is -1.69. The third kappa shape index (κ3) is 4.04. The van der Waals surface area contributed by atoms with E-state index in [2.05, 4.69) is 10.3 Å². The van der Waals surface area contributed by atoms with Crippen molar-refractivity contribution in [2.75, 3.05) is 5.75 Å². The summed E-state index contributed by atoms with van der Waals surface area (Å²) in [5.41, 5.74) is 2.39. The fourth-order valence-corrected chi connectivity index (χ4v) is 3.14. The quantitative estimate of drug-likeness (QED) is 0.625. The van der Waals surface area contributed by atoms with Crippen molar-refractivity contribution in [1.29, 1.82) is 0 Å². The van der Waals surface area contributed by atoms with Gasteiger partial charge >= 0.3 is 0 Å². The Kier molecular flexibility index (Phi) is 5.33. The summed E-state index contributed by atoms with van der Waals surface area (Å²) in [5.74, 6) is 0.110. The predicted molar refractivity (Wildman–Crippen MR) is 97.8 cm³/mol. The molecule has 124 valence electrons. The van der Waals surface area contributed by atoms with Gasteiger partial charge in [0, 0.05) is 0 Å². The van der Waals surface area contributed by atoms with Crippen molar-refractivity contribution < 1.29 is 9.21 Å². The summed E-state index contributed by atoms with van der Waals surface area (Å²) >= 11 is 13.2. The molecular formula is C17H14Cl2N2O2S. The number of hydrogen-bond donors (Lipinski definition) is 1. The first-order valence-corrected chi connectivity index (χ1v) is 9.00. The third-order valence-electron chi connectivity index (χ3n) is 3.42. The number of hydrogen-bond acceptors (Lipinski definition) is 4. The van der Waals surface area contributed by atoms with Gasteiger partial charge in [0.2, 0.25) is 5.91 Å². The standard InChI is InChI=1S/C17H14Cl2N2O2S/c1-10(11-6-7-12(18)13(19)8-11)20-16(22)9-24-17-21-14-4-2-3-5-15(14)23-17/h2-8,10H,9H2,1H3,(H,20,22). The molecule has 3 aromatic rings. The lowest BCUT2D eigenvalue weighted by atomic mass is 10.1. The van der Waals surface area contributed by atoms with E-state index in [4.69, 9.17) is 27.6 Å². The molecule has 1 heterocycles. The molecule has 0 saturated carbocycles. The maximum Gasteiger partial charge on any atom is 0.257 e. The fraction of sp³-hybridized carbons (Fsp3) is 0.176. The number of carbonyl (C=O) groups excluding carboxylic acids is 1. The fourth-order valence-electron chi connectivity index (χ4n) is 2.19. The van der Waals surface area contributed by atoms with Crippen molar-refractivity contribution in [3.8, 4) is 0 Å². The summed E-state index contributed by atoms with van der Waals surface area (Å²) in [6, 6.07) is 12.6. The van der Waals surface area contributed by atoms with Crippen LogP contribution in [0.4, 0.5) is 0 Å². The first-order valence-electron chi connectivity index (χ1n) is 7.25. The molecule has 24 heavy (non-hydrogen) atoms. The number of halogens is 2. The third-order valence-corrected chi connectivity index (χ3v) is 4.99. The zero-order valence-corrected chi connectivity index (χ0v) is 15.1. The summed E-state index contributed by atoms with van der Waals surface area (Å²) in [7, 11) is 0. The molecule has 1 atom stereocenters. The number of carbonyl (C=O) groups is 1. The molecule has 0 fully saturated rings. The van der Waals surface area contributed by atoms with Crippen LogP contribution in [0.15, 0.2) is 52.1 Å². The van der Waals surface area contributed by atoms with Crippen LogP contribution >= 0.6 is 35.0 Å². The maximum absolute atomic E-state index is 12.1. The smallest absolute Gasteiger partial charge is 0.257 e. The largest absolute Gasteiger partial charge is 0.431 e. The van der Waals surface area contributed by atoms with Crippen molar-refractivity contribution in [3.63, 3.8) is 0 Å². The predicted octanol–water partition coefficient (Wildman–Crippen LogP) is 5.10. The van der Waals surface area contributed by atoms with Crippen LogP contribution in [0.25, 0.3) is 11.1 Å². The Morgan fingerprint density at radius 2 is 2.04 bits per heavy atom. The molecular weight excluding hydrogens is 367 g/mol. The van der Waals surface area contributed by atoms with Gasteiger partial charge in [0.25, 0.3) is 5.22 Å². The topological polar surface area (TPSA) is 55.1 Å². The van der Waals surface area contributed by atoms with Crippen LogP contribution in [0.3, 0.4) is 0 Å². The second-order valence-corrected chi connectivity index (χ2v) is 6.94. The van der Waals surface area contributed by atoms with Crippen LogP contribution in [-0.4, -0.2) is 16.6 Å². The minimum atomic E-state index is -0.170. The number of amides is 1. The Bertz CT molecular complexity index is 849. The second-order valence-electron chi connectivity index (χ2n) is 5.20. The normalized spacial score (nSPS) is 12.3. The SMILES string of the molecule is CC(NC(=O)CSc1nc2ccccc2o1)c1ccc(Cl)c(Cl)c1. The molecule has 0 radical (unpaired) electrons. The van der Waals surface area contributed by atoms with Gasteiger partial charge in [-0.1, -0.05) is 53.2 Å². The zero-order valence-electron chi connectivity index (χ0n) is 12.8. The molecule has 0 aliphatic heterocycles. The van der Waals surface area contributed by atoms with Crippen LogP contribution in [-0.2, 0) is 4.79 Å². The van der Waals surface area contributed by atoms with Crippen LogP contribution in [0.1, 0.15) is 18.5 Å².